The topological polar surface area (TPSA) is 81.7 Å². The molecule has 6 heteroatoms. The minimum absolute atomic E-state index is 0.102. The fraction of sp³-hybridized carbons (Fsp3) is 0.467. The summed E-state index contributed by atoms with van der Waals surface area (Å²) in [6, 6.07) is 8.18. The number of amides is 1. The Kier molecular flexibility index (Phi) is 7.25. The summed E-state index contributed by atoms with van der Waals surface area (Å²) in [6.07, 6.45) is 0. The van der Waals surface area contributed by atoms with Crippen molar-refractivity contribution in [1.29, 1.82) is 0 Å². The number of carbonyl (C=O) groups is 2. The van der Waals surface area contributed by atoms with E-state index in [9.17, 15) is 9.59 Å². The summed E-state index contributed by atoms with van der Waals surface area (Å²) in [4.78, 5) is 23.9. The molecule has 0 aromatic heterocycles. The van der Waals surface area contributed by atoms with Crippen molar-refractivity contribution in [2.45, 2.75) is 20.4 Å². The summed E-state index contributed by atoms with van der Waals surface area (Å²) in [5, 5.41) is 13.7. The van der Waals surface area contributed by atoms with Crippen LogP contribution in [0.15, 0.2) is 24.3 Å². The van der Waals surface area contributed by atoms with Gasteiger partial charge in [-0.25, -0.2) is 0 Å². The highest BCUT2D eigenvalue weighted by atomic mass is 16.4. The van der Waals surface area contributed by atoms with Gasteiger partial charge in [0.1, 0.15) is 6.54 Å². The van der Waals surface area contributed by atoms with E-state index in [1.165, 1.54) is 5.69 Å². The first kappa shape index (κ1) is 17.0. The van der Waals surface area contributed by atoms with Crippen molar-refractivity contribution in [3.8, 4) is 0 Å². The Morgan fingerprint density at radius 1 is 1.10 bits per heavy atom. The molecule has 0 spiro atoms. The Morgan fingerprint density at radius 3 is 2.24 bits per heavy atom. The predicted octanol–water partition coefficient (Wildman–Crippen LogP) is 0.823. The van der Waals surface area contributed by atoms with Gasteiger partial charge < -0.3 is 20.6 Å². The first-order chi connectivity index (χ1) is 10.1. The van der Waals surface area contributed by atoms with Gasteiger partial charge in [0.15, 0.2) is 0 Å². The lowest BCUT2D eigenvalue weighted by Gasteiger charge is -2.21. The lowest BCUT2D eigenvalue weighted by Crippen LogP contribution is -2.36. The molecule has 0 saturated heterocycles. The molecule has 0 unspecified atom stereocenters. The second-order valence-electron chi connectivity index (χ2n) is 4.61. The highest BCUT2D eigenvalue weighted by Crippen LogP contribution is 2.14. The number of rotatable bonds is 9. The zero-order chi connectivity index (χ0) is 15.7. The maximum Gasteiger partial charge on any atom is 0.322 e. The third kappa shape index (κ3) is 6.27. The smallest absolute Gasteiger partial charge is 0.322 e. The fourth-order valence-corrected chi connectivity index (χ4v) is 1.97. The van der Waals surface area contributed by atoms with Crippen LogP contribution in [0.5, 0.6) is 0 Å². The van der Waals surface area contributed by atoms with E-state index in [-0.39, 0.29) is 19.0 Å². The predicted molar refractivity (Wildman–Crippen MR) is 82.4 cm³/mol. The molecule has 116 valence electrons. The number of carboxylic acid groups (broad SMARTS) is 1. The second kappa shape index (κ2) is 8.97. The van der Waals surface area contributed by atoms with Gasteiger partial charge in [-0.05, 0) is 31.5 Å². The number of carbonyl (C=O) groups excluding carboxylic acids is 1. The standard InChI is InChI=1S/C15H23N3O3/c1-3-18(4-2)13-7-5-12(6-8-13)9-16-10-14(19)17-11-15(20)21/h5-8,16H,3-4,9-11H2,1-2H3,(H,17,19)(H,20,21). The first-order valence-corrected chi connectivity index (χ1v) is 7.09. The van der Waals surface area contributed by atoms with E-state index in [0.717, 1.165) is 18.7 Å². The molecular weight excluding hydrogens is 270 g/mol. The summed E-state index contributed by atoms with van der Waals surface area (Å²) < 4.78 is 0. The molecule has 6 nitrogen and oxygen atoms in total. The number of nitrogens with one attached hydrogen (secondary N) is 2. The van der Waals surface area contributed by atoms with Crippen molar-refractivity contribution in [1.82, 2.24) is 10.6 Å². The third-order valence-corrected chi connectivity index (χ3v) is 3.12. The van der Waals surface area contributed by atoms with Crippen LogP contribution in [0.25, 0.3) is 0 Å². The van der Waals surface area contributed by atoms with E-state index in [1.54, 1.807) is 0 Å². The van der Waals surface area contributed by atoms with Gasteiger partial charge in [-0.3, -0.25) is 9.59 Å². The lowest BCUT2D eigenvalue weighted by atomic mass is 10.2. The monoisotopic (exact) mass is 293 g/mol. The zero-order valence-corrected chi connectivity index (χ0v) is 12.6. The second-order valence-corrected chi connectivity index (χ2v) is 4.61. The largest absolute Gasteiger partial charge is 0.480 e. The van der Waals surface area contributed by atoms with Gasteiger partial charge in [-0.15, -0.1) is 0 Å². The van der Waals surface area contributed by atoms with Gasteiger partial charge in [0, 0.05) is 25.3 Å². The minimum atomic E-state index is -1.05. The van der Waals surface area contributed by atoms with Crippen LogP contribution in [0.2, 0.25) is 0 Å². The van der Waals surface area contributed by atoms with Crippen LogP contribution in [-0.4, -0.2) is 43.2 Å². The molecule has 0 aliphatic rings. The molecule has 1 rings (SSSR count). The van der Waals surface area contributed by atoms with Gasteiger partial charge in [-0.2, -0.15) is 0 Å². The Morgan fingerprint density at radius 2 is 1.71 bits per heavy atom. The average molecular weight is 293 g/mol. The van der Waals surface area contributed by atoms with Gasteiger partial charge in [-0.1, -0.05) is 12.1 Å². The molecule has 21 heavy (non-hydrogen) atoms. The molecule has 0 fully saturated rings. The van der Waals surface area contributed by atoms with Crippen molar-refractivity contribution >= 4 is 17.6 Å². The Balaban J connectivity index is 2.36. The third-order valence-electron chi connectivity index (χ3n) is 3.12. The van der Waals surface area contributed by atoms with E-state index < -0.39 is 5.97 Å². The Labute approximate surface area is 125 Å². The maximum atomic E-state index is 11.3. The van der Waals surface area contributed by atoms with Crippen LogP contribution in [0.1, 0.15) is 19.4 Å². The highest BCUT2D eigenvalue weighted by molar-refractivity contribution is 5.82. The minimum Gasteiger partial charge on any atom is -0.480 e. The number of anilines is 1. The van der Waals surface area contributed by atoms with Gasteiger partial charge in [0.25, 0.3) is 0 Å². The van der Waals surface area contributed by atoms with Crippen molar-refractivity contribution in [3.63, 3.8) is 0 Å². The van der Waals surface area contributed by atoms with Gasteiger partial charge in [0.05, 0.1) is 6.54 Å². The Hall–Kier alpha value is -2.08. The molecule has 0 radical (unpaired) electrons. The fourth-order valence-electron chi connectivity index (χ4n) is 1.97. The van der Waals surface area contributed by atoms with E-state index in [4.69, 9.17) is 5.11 Å². The lowest BCUT2D eigenvalue weighted by molar-refractivity contribution is -0.137. The summed E-state index contributed by atoms with van der Waals surface area (Å²) in [7, 11) is 0. The number of hydrogen-bond acceptors (Lipinski definition) is 4. The van der Waals surface area contributed by atoms with Gasteiger partial charge in [0.2, 0.25) is 5.91 Å². The van der Waals surface area contributed by atoms with Crippen molar-refractivity contribution in [2.24, 2.45) is 0 Å². The molecule has 0 heterocycles. The average Bonchev–Trinajstić information content (AvgIpc) is 2.48. The molecule has 3 N–H and O–H groups in total. The van der Waals surface area contributed by atoms with Gasteiger partial charge >= 0.3 is 5.97 Å². The SMILES string of the molecule is CCN(CC)c1ccc(CNCC(=O)NCC(=O)O)cc1. The molecule has 0 atom stereocenters. The molecule has 1 aromatic carbocycles. The number of hydrogen-bond donors (Lipinski definition) is 3. The van der Waals surface area contributed by atoms with Crippen molar-refractivity contribution in [3.05, 3.63) is 29.8 Å². The molecule has 0 saturated carbocycles. The van der Waals surface area contributed by atoms with Crippen LogP contribution in [0, 0.1) is 0 Å². The van der Waals surface area contributed by atoms with E-state index in [0.29, 0.717) is 6.54 Å². The maximum absolute atomic E-state index is 11.3. The van der Waals surface area contributed by atoms with E-state index in [1.807, 2.05) is 12.1 Å². The van der Waals surface area contributed by atoms with Crippen LogP contribution in [0.4, 0.5) is 5.69 Å². The number of aliphatic carboxylic acids is 1. The van der Waals surface area contributed by atoms with E-state index in [2.05, 4.69) is 41.5 Å². The summed E-state index contributed by atoms with van der Waals surface area (Å²) in [6.45, 7) is 6.50. The normalized spacial score (nSPS) is 10.2. The summed E-state index contributed by atoms with van der Waals surface area (Å²) in [5.74, 6) is -1.37. The quantitative estimate of drug-likeness (QED) is 0.628. The van der Waals surface area contributed by atoms with E-state index >= 15 is 0 Å². The molecule has 0 aliphatic carbocycles. The number of nitrogens with zero attached hydrogens (tertiary/aromatic N) is 1. The number of benzene rings is 1. The number of carboxylic acids is 1. The first-order valence-electron chi connectivity index (χ1n) is 7.09. The van der Waals surface area contributed by atoms with Crippen molar-refractivity contribution in [2.75, 3.05) is 31.1 Å². The molecule has 0 aliphatic heterocycles. The Bertz CT molecular complexity index is 456. The van der Waals surface area contributed by atoms with Crippen LogP contribution in [-0.2, 0) is 16.1 Å². The summed E-state index contributed by atoms with van der Waals surface area (Å²) >= 11 is 0. The summed E-state index contributed by atoms with van der Waals surface area (Å²) in [5.41, 5.74) is 2.26. The van der Waals surface area contributed by atoms with Crippen LogP contribution >= 0.6 is 0 Å². The zero-order valence-electron chi connectivity index (χ0n) is 12.6. The molecular formula is C15H23N3O3. The molecule has 1 amide bonds. The van der Waals surface area contributed by atoms with Crippen LogP contribution in [0.3, 0.4) is 0 Å². The highest BCUT2D eigenvalue weighted by Gasteiger charge is 2.04. The van der Waals surface area contributed by atoms with Crippen molar-refractivity contribution < 1.29 is 14.7 Å². The molecule has 1 aromatic rings. The molecule has 0 bridgehead atoms. The van der Waals surface area contributed by atoms with Crippen LogP contribution < -0.4 is 15.5 Å².